The van der Waals surface area contributed by atoms with Gasteiger partial charge in [0.05, 0.1) is 13.2 Å². The second-order valence-electron chi connectivity index (χ2n) is 3.64. The van der Waals surface area contributed by atoms with Gasteiger partial charge in [-0.15, -0.1) is 11.3 Å². The number of ether oxygens (including phenoxy) is 2. The number of benzene rings is 1. The van der Waals surface area contributed by atoms with Crippen molar-refractivity contribution in [2.45, 2.75) is 13.3 Å². The van der Waals surface area contributed by atoms with Gasteiger partial charge in [0.1, 0.15) is 0 Å². The molecule has 96 valence electrons. The smallest absolute Gasteiger partial charge is 0.180 e. The Kier molecular flexibility index (Phi) is 4.41. The predicted molar refractivity (Wildman–Crippen MR) is 73.3 cm³/mol. The number of hydrogen-bond acceptors (Lipinski definition) is 5. The van der Waals surface area contributed by atoms with Crippen molar-refractivity contribution >= 4 is 16.5 Å². The zero-order valence-electron chi connectivity index (χ0n) is 10.3. The van der Waals surface area contributed by atoms with Crippen LogP contribution in [0.15, 0.2) is 30.5 Å². The van der Waals surface area contributed by atoms with E-state index in [4.69, 9.17) is 15.2 Å². The van der Waals surface area contributed by atoms with Gasteiger partial charge in [-0.05, 0) is 19.1 Å². The molecule has 0 radical (unpaired) electrons. The average molecular weight is 264 g/mol. The number of anilines is 1. The van der Waals surface area contributed by atoms with Gasteiger partial charge in [-0.2, -0.15) is 0 Å². The van der Waals surface area contributed by atoms with Gasteiger partial charge in [0.15, 0.2) is 16.6 Å². The summed E-state index contributed by atoms with van der Waals surface area (Å²) in [6.45, 7) is 3.17. The highest BCUT2D eigenvalue weighted by atomic mass is 32.1. The third-order valence-electron chi connectivity index (χ3n) is 2.33. The van der Waals surface area contributed by atoms with Crippen molar-refractivity contribution in [3.05, 3.63) is 35.3 Å². The van der Waals surface area contributed by atoms with E-state index in [9.17, 15) is 0 Å². The molecule has 2 rings (SSSR count). The second kappa shape index (κ2) is 6.26. The molecule has 0 atom stereocenters. The van der Waals surface area contributed by atoms with Gasteiger partial charge >= 0.3 is 0 Å². The van der Waals surface area contributed by atoms with Crippen molar-refractivity contribution in [1.82, 2.24) is 4.98 Å². The van der Waals surface area contributed by atoms with E-state index in [0.717, 1.165) is 22.8 Å². The normalized spacial score (nSPS) is 10.3. The van der Waals surface area contributed by atoms with Crippen molar-refractivity contribution < 1.29 is 9.47 Å². The van der Waals surface area contributed by atoms with Gasteiger partial charge in [-0.1, -0.05) is 12.1 Å². The molecule has 0 saturated carbocycles. The topological polar surface area (TPSA) is 57.4 Å². The molecule has 1 heterocycles. The van der Waals surface area contributed by atoms with Gasteiger partial charge in [-0.3, -0.25) is 0 Å². The molecule has 2 N–H and O–H groups in total. The monoisotopic (exact) mass is 264 g/mol. The first-order valence-corrected chi connectivity index (χ1v) is 6.66. The van der Waals surface area contributed by atoms with E-state index in [-0.39, 0.29) is 0 Å². The van der Waals surface area contributed by atoms with E-state index >= 15 is 0 Å². The fourth-order valence-electron chi connectivity index (χ4n) is 1.54. The van der Waals surface area contributed by atoms with Crippen LogP contribution in [0.5, 0.6) is 11.5 Å². The van der Waals surface area contributed by atoms with Crippen LogP contribution < -0.4 is 15.2 Å². The van der Waals surface area contributed by atoms with Crippen LogP contribution in [0, 0.1) is 0 Å². The van der Waals surface area contributed by atoms with Crippen molar-refractivity contribution in [2.24, 2.45) is 0 Å². The molecule has 0 saturated heterocycles. The summed E-state index contributed by atoms with van der Waals surface area (Å²) in [6.07, 6.45) is 2.59. The zero-order chi connectivity index (χ0) is 12.8. The largest absolute Gasteiger partial charge is 0.490 e. The van der Waals surface area contributed by atoms with Gasteiger partial charge in [0.2, 0.25) is 0 Å². The molecule has 18 heavy (non-hydrogen) atoms. The van der Waals surface area contributed by atoms with Crippen LogP contribution in [0.25, 0.3) is 0 Å². The van der Waals surface area contributed by atoms with Crippen LogP contribution >= 0.6 is 11.3 Å². The molecule has 0 unspecified atom stereocenters. The molecular weight excluding hydrogens is 248 g/mol. The Morgan fingerprint density at radius 1 is 1.22 bits per heavy atom. The fourth-order valence-corrected chi connectivity index (χ4v) is 2.21. The first-order chi connectivity index (χ1) is 8.79. The lowest BCUT2D eigenvalue weighted by molar-refractivity contribution is 0.279. The minimum atomic E-state index is 0.589. The highest BCUT2D eigenvalue weighted by Gasteiger charge is 2.04. The van der Waals surface area contributed by atoms with E-state index in [1.54, 1.807) is 6.20 Å². The molecular formula is C13H16N2O2S. The number of rotatable bonds is 6. The molecule has 5 heteroatoms. The van der Waals surface area contributed by atoms with Crippen LogP contribution in [-0.4, -0.2) is 18.2 Å². The maximum atomic E-state index is 5.72. The van der Waals surface area contributed by atoms with E-state index in [1.165, 1.54) is 11.3 Å². The number of nitrogens with two attached hydrogens (primary N) is 1. The lowest BCUT2D eigenvalue weighted by Gasteiger charge is -2.10. The zero-order valence-corrected chi connectivity index (χ0v) is 11.1. The van der Waals surface area contributed by atoms with E-state index < -0.39 is 0 Å². The molecule has 0 fully saturated rings. The molecule has 4 nitrogen and oxygen atoms in total. The van der Waals surface area contributed by atoms with Crippen molar-refractivity contribution in [1.29, 1.82) is 0 Å². The lowest BCUT2D eigenvalue weighted by atomic mass is 10.3. The minimum absolute atomic E-state index is 0.589. The summed E-state index contributed by atoms with van der Waals surface area (Å²) in [6, 6.07) is 7.68. The standard InChI is InChI=1S/C13H16N2O2S/c1-2-16-11-5-3-4-6-12(11)17-8-7-10-9-15-13(14)18-10/h3-6,9H,2,7-8H2,1H3,(H2,14,15). The quantitative estimate of drug-likeness (QED) is 0.871. The highest BCUT2D eigenvalue weighted by Crippen LogP contribution is 2.26. The van der Waals surface area contributed by atoms with E-state index in [2.05, 4.69) is 4.98 Å². The summed E-state index contributed by atoms with van der Waals surface area (Å²) in [5.41, 5.74) is 5.57. The lowest BCUT2D eigenvalue weighted by Crippen LogP contribution is -2.02. The second-order valence-corrected chi connectivity index (χ2v) is 4.79. The predicted octanol–water partition coefficient (Wildman–Crippen LogP) is 2.75. The number of nitrogens with zero attached hydrogens (tertiary/aromatic N) is 1. The Labute approximate surface area is 110 Å². The Bertz CT molecular complexity index is 499. The summed E-state index contributed by atoms with van der Waals surface area (Å²) in [4.78, 5) is 5.13. The van der Waals surface area contributed by atoms with Crippen molar-refractivity contribution in [3.63, 3.8) is 0 Å². The Morgan fingerprint density at radius 2 is 1.94 bits per heavy atom. The summed E-state index contributed by atoms with van der Waals surface area (Å²) in [5, 5.41) is 0.597. The molecule has 0 aliphatic carbocycles. The molecule has 1 aromatic heterocycles. The maximum Gasteiger partial charge on any atom is 0.180 e. The Morgan fingerprint density at radius 3 is 2.56 bits per heavy atom. The molecule has 2 aromatic rings. The van der Waals surface area contributed by atoms with Crippen LogP contribution in [0.2, 0.25) is 0 Å². The number of thiazole rings is 1. The van der Waals surface area contributed by atoms with E-state index in [0.29, 0.717) is 18.3 Å². The number of aromatic nitrogens is 1. The maximum absolute atomic E-state index is 5.72. The fraction of sp³-hybridized carbons (Fsp3) is 0.308. The molecule has 0 spiro atoms. The number of hydrogen-bond donors (Lipinski definition) is 1. The molecule has 0 aliphatic heterocycles. The van der Waals surface area contributed by atoms with Crippen LogP contribution in [0.4, 0.5) is 5.13 Å². The van der Waals surface area contributed by atoms with Gasteiger partial charge in [0.25, 0.3) is 0 Å². The minimum Gasteiger partial charge on any atom is -0.490 e. The van der Waals surface area contributed by atoms with Gasteiger partial charge in [-0.25, -0.2) is 4.98 Å². The van der Waals surface area contributed by atoms with Crippen LogP contribution in [0.1, 0.15) is 11.8 Å². The third kappa shape index (κ3) is 3.37. The first-order valence-electron chi connectivity index (χ1n) is 5.84. The average Bonchev–Trinajstić information content (AvgIpc) is 2.78. The van der Waals surface area contributed by atoms with Crippen molar-refractivity contribution in [3.8, 4) is 11.5 Å². The Balaban J connectivity index is 1.89. The molecule has 1 aromatic carbocycles. The van der Waals surface area contributed by atoms with Crippen molar-refractivity contribution in [2.75, 3.05) is 18.9 Å². The van der Waals surface area contributed by atoms with Crippen LogP contribution in [0.3, 0.4) is 0 Å². The number of nitrogen functional groups attached to an aromatic ring is 1. The van der Waals surface area contributed by atoms with Gasteiger partial charge < -0.3 is 15.2 Å². The summed E-state index contributed by atoms with van der Waals surface area (Å²) in [5.74, 6) is 1.56. The Hall–Kier alpha value is -1.75. The molecule has 0 bridgehead atoms. The SMILES string of the molecule is CCOc1ccccc1OCCc1cnc(N)s1. The van der Waals surface area contributed by atoms with Crippen LogP contribution in [-0.2, 0) is 6.42 Å². The first kappa shape index (κ1) is 12.7. The molecule has 0 amide bonds. The number of para-hydroxylation sites is 2. The highest BCUT2D eigenvalue weighted by molar-refractivity contribution is 7.15. The third-order valence-corrected chi connectivity index (χ3v) is 3.21. The summed E-state index contributed by atoms with van der Waals surface area (Å²) in [7, 11) is 0. The van der Waals surface area contributed by atoms with E-state index in [1.807, 2.05) is 31.2 Å². The summed E-state index contributed by atoms with van der Waals surface area (Å²) < 4.78 is 11.2. The molecule has 0 aliphatic rings. The summed E-state index contributed by atoms with van der Waals surface area (Å²) >= 11 is 1.49. The van der Waals surface area contributed by atoms with Gasteiger partial charge in [0, 0.05) is 17.5 Å².